The van der Waals surface area contributed by atoms with Gasteiger partial charge in [-0.3, -0.25) is 4.79 Å². The third-order valence-corrected chi connectivity index (χ3v) is 5.54. The lowest BCUT2D eigenvalue weighted by Crippen LogP contribution is -2.45. The standard InChI is InChI=1S/C23H22N4O3S/c1-2-30-23(29)26-19(12-16-13-24-18-11-7-6-10-17(16)18)21(28)27-22-25-20(14-31-22)15-8-4-3-5-9-15/h3-11,13-14,19,24H,2,12H2,1H3,(H,26,29)(H,25,27,28)/t19-/m0/s1. The average Bonchev–Trinajstić information content (AvgIpc) is 3.41. The second-order valence-corrected chi connectivity index (χ2v) is 7.73. The largest absolute Gasteiger partial charge is 0.450 e. The molecule has 0 unspecified atom stereocenters. The summed E-state index contributed by atoms with van der Waals surface area (Å²) < 4.78 is 4.99. The maximum absolute atomic E-state index is 13.0. The number of anilines is 1. The molecule has 31 heavy (non-hydrogen) atoms. The van der Waals surface area contributed by atoms with Crippen molar-refractivity contribution >= 4 is 39.4 Å². The number of hydrogen-bond acceptors (Lipinski definition) is 5. The zero-order valence-electron chi connectivity index (χ0n) is 16.9. The Bertz CT molecular complexity index is 1190. The molecule has 3 N–H and O–H groups in total. The highest BCUT2D eigenvalue weighted by atomic mass is 32.1. The lowest BCUT2D eigenvalue weighted by atomic mass is 10.0. The van der Waals surface area contributed by atoms with E-state index in [0.29, 0.717) is 11.6 Å². The molecule has 2 aromatic heterocycles. The summed E-state index contributed by atoms with van der Waals surface area (Å²) in [6, 6.07) is 16.7. The number of nitrogens with zero attached hydrogens (tertiary/aromatic N) is 1. The topological polar surface area (TPSA) is 96.1 Å². The van der Waals surface area contributed by atoms with Crippen molar-refractivity contribution in [2.75, 3.05) is 11.9 Å². The van der Waals surface area contributed by atoms with Crippen LogP contribution in [-0.4, -0.2) is 34.6 Å². The molecule has 0 saturated carbocycles. The van der Waals surface area contributed by atoms with Crippen LogP contribution in [0.2, 0.25) is 0 Å². The van der Waals surface area contributed by atoms with Gasteiger partial charge in [0.25, 0.3) is 0 Å². The van der Waals surface area contributed by atoms with Crippen LogP contribution in [0.5, 0.6) is 0 Å². The van der Waals surface area contributed by atoms with Crippen molar-refractivity contribution in [2.24, 2.45) is 0 Å². The van der Waals surface area contributed by atoms with Crippen LogP contribution in [-0.2, 0) is 16.0 Å². The predicted molar refractivity (Wildman–Crippen MR) is 122 cm³/mol. The van der Waals surface area contributed by atoms with Crippen LogP contribution in [0.15, 0.2) is 66.2 Å². The third-order valence-electron chi connectivity index (χ3n) is 4.79. The Kier molecular flexibility index (Phi) is 6.28. The van der Waals surface area contributed by atoms with Gasteiger partial charge in [-0.25, -0.2) is 9.78 Å². The highest BCUT2D eigenvalue weighted by molar-refractivity contribution is 7.14. The predicted octanol–water partition coefficient (Wildman–Crippen LogP) is 4.59. The molecule has 2 heterocycles. The second kappa shape index (κ2) is 9.44. The molecule has 4 rings (SSSR count). The van der Waals surface area contributed by atoms with Crippen molar-refractivity contribution in [2.45, 2.75) is 19.4 Å². The summed E-state index contributed by atoms with van der Waals surface area (Å²) >= 11 is 1.34. The van der Waals surface area contributed by atoms with E-state index in [9.17, 15) is 9.59 Å². The van der Waals surface area contributed by atoms with Gasteiger partial charge in [-0.15, -0.1) is 11.3 Å². The lowest BCUT2D eigenvalue weighted by molar-refractivity contribution is -0.118. The van der Waals surface area contributed by atoms with Crippen LogP contribution >= 0.6 is 11.3 Å². The molecule has 0 spiro atoms. The zero-order chi connectivity index (χ0) is 21.6. The number of carbonyl (C=O) groups excluding carboxylic acids is 2. The number of nitrogens with one attached hydrogen (secondary N) is 3. The van der Waals surface area contributed by atoms with Gasteiger partial charge in [0.2, 0.25) is 5.91 Å². The fourth-order valence-corrected chi connectivity index (χ4v) is 4.03. The Morgan fingerprint density at radius 2 is 1.90 bits per heavy atom. The molecule has 0 radical (unpaired) electrons. The number of aromatic nitrogens is 2. The molecule has 0 aliphatic carbocycles. The molecule has 2 aromatic carbocycles. The van der Waals surface area contributed by atoms with E-state index in [-0.39, 0.29) is 12.5 Å². The van der Waals surface area contributed by atoms with Crippen molar-refractivity contribution in [1.29, 1.82) is 0 Å². The molecule has 0 aliphatic heterocycles. The summed E-state index contributed by atoms with van der Waals surface area (Å²) in [6.45, 7) is 1.94. The summed E-state index contributed by atoms with van der Waals surface area (Å²) in [4.78, 5) is 32.8. The van der Waals surface area contributed by atoms with E-state index in [0.717, 1.165) is 27.7 Å². The number of aromatic amines is 1. The fourth-order valence-electron chi connectivity index (χ4n) is 3.31. The van der Waals surface area contributed by atoms with E-state index < -0.39 is 12.1 Å². The minimum atomic E-state index is -0.817. The second-order valence-electron chi connectivity index (χ2n) is 6.87. The van der Waals surface area contributed by atoms with Crippen LogP contribution < -0.4 is 10.6 Å². The fraction of sp³-hybridized carbons (Fsp3) is 0.174. The molecule has 0 fully saturated rings. The number of para-hydroxylation sites is 1. The first-order valence-electron chi connectivity index (χ1n) is 9.94. The number of thiazole rings is 1. The summed E-state index contributed by atoms with van der Waals surface area (Å²) in [5.41, 5.74) is 3.66. The number of benzene rings is 2. The smallest absolute Gasteiger partial charge is 0.407 e. The van der Waals surface area contributed by atoms with Crippen molar-refractivity contribution < 1.29 is 14.3 Å². The molecule has 158 valence electrons. The SMILES string of the molecule is CCOC(=O)N[C@@H](Cc1c[nH]c2ccccc12)C(=O)Nc1nc(-c2ccccc2)cs1. The van der Waals surface area contributed by atoms with E-state index in [1.807, 2.05) is 66.2 Å². The average molecular weight is 435 g/mol. The van der Waals surface area contributed by atoms with Gasteiger partial charge in [-0.1, -0.05) is 48.5 Å². The Hall–Kier alpha value is -3.65. The Labute approximate surface area is 183 Å². The van der Waals surface area contributed by atoms with E-state index >= 15 is 0 Å². The number of H-pyrrole nitrogens is 1. The Balaban J connectivity index is 1.52. The Morgan fingerprint density at radius 3 is 2.71 bits per heavy atom. The van der Waals surface area contributed by atoms with Gasteiger partial charge < -0.3 is 20.4 Å². The minimum absolute atomic E-state index is 0.222. The minimum Gasteiger partial charge on any atom is -0.450 e. The van der Waals surface area contributed by atoms with Gasteiger partial charge in [0.15, 0.2) is 5.13 Å². The maximum Gasteiger partial charge on any atom is 0.407 e. The first-order chi connectivity index (χ1) is 15.1. The van der Waals surface area contributed by atoms with Crippen LogP contribution in [0.3, 0.4) is 0 Å². The number of ether oxygens (including phenoxy) is 1. The molecule has 0 bridgehead atoms. The maximum atomic E-state index is 13.0. The molecular formula is C23H22N4O3S. The van der Waals surface area contributed by atoms with Gasteiger partial charge in [-0.2, -0.15) is 0 Å². The molecule has 2 amide bonds. The van der Waals surface area contributed by atoms with E-state index in [1.165, 1.54) is 11.3 Å². The van der Waals surface area contributed by atoms with Crippen LogP contribution in [0.25, 0.3) is 22.2 Å². The third kappa shape index (κ3) is 4.92. The van der Waals surface area contributed by atoms with Crippen LogP contribution in [0.1, 0.15) is 12.5 Å². The highest BCUT2D eigenvalue weighted by Crippen LogP contribution is 2.25. The molecule has 4 aromatic rings. The van der Waals surface area contributed by atoms with Gasteiger partial charge >= 0.3 is 6.09 Å². The summed E-state index contributed by atoms with van der Waals surface area (Å²) in [5, 5.41) is 8.86. The summed E-state index contributed by atoms with van der Waals surface area (Å²) in [7, 11) is 0. The zero-order valence-corrected chi connectivity index (χ0v) is 17.7. The number of carbonyl (C=O) groups is 2. The van der Waals surface area contributed by atoms with Gasteiger partial charge in [0, 0.05) is 34.5 Å². The van der Waals surface area contributed by atoms with Crippen LogP contribution in [0.4, 0.5) is 9.93 Å². The number of amides is 2. The Morgan fingerprint density at radius 1 is 1.13 bits per heavy atom. The lowest BCUT2D eigenvalue weighted by Gasteiger charge is -2.17. The molecular weight excluding hydrogens is 412 g/mol. The highest BCUT2D eigenvalue weighted by Gasteiger charge is 2.24. The molecule has 8 heteroatoms. The summed E-state index contributed by atoms with van der Waals surface area (Å²) in [5.74, 6) is -0.354. The van der Waals surface area contributed by atoms with Crippen molar-refractivity contribution in [3.8, 4) is 11.3 Å². The number of hydrogen-bond donors (Lipinski definition) is 3. The first kappa shape index (κ1) is 20.6. The first-order valence-corrected chi connectivity index (χ1v) is 10.8. The monoisotopic (exact) mass is 434 g/mol. The van der Waals surface area contributed by atoms with Gasteiger partial charge in [0.1, 0.15) is 6.04 Å². The van der Waals surface area contributed by atoms with Gasteiger partial charge in [0.05, 0.1) is 12.3 Å². The van der Waals surface area contributed by atoms with E-state index in [2.05, 4.69) is 20.6 Å². The van der Waals surface area contributed by atoms with Crippen LogP contribution in [0, 0.1) is 0 Å². The van der Waals surface area contributed by atoms with E-state index in [1.54, 1.807) is 6.92 Å². The quantitative estimate of drug-likeness (QED) is 0.396. The normalized spacial score (nSPS) is 11.8. The molecule has 0 saturated heterocycles. The number of fused-ring (bicyclic) bond motifs is 1. The van der Waals surface area contributed by atoms with Crippen molar-refractivity contribution in [1.82, 2.24) is 15.3 Å². The van der Waals surface area contributed by atoms with Crippen molar-refractivity contribution in [3.05, 3.63) is 71.7 Å². The molecule has 1 atom stereocenters. The van der Waals surface area contributed by atoms with Gasteiger partial charge in [-0.05, 0) is 18.6 Å². The van der Waals surface area contributed by atoms with E-state index in [4.69, 9.17) is 4.74 Å². The molecule has 7 nitrogen and oxygen atoms in total. The summed E-state index contributed by atoms with van der Waals surface area (Å²) in [6.07, 6.45) is 1.53. The number of alkyl carbamates (subject to hydrolysis) is 1. The number of rotatable bonds is 7. The van der Waals surface area contributed by atoms with Crippen molar-refractivity contribution in [3.63, 3.8) is 0 Å². The molecule has 0 aliphatic rings.